The molecule has 27 heavy (non-hydrogen) atoms. The summed E-state index contributed by atoms with van der Waals surface area (Å²) in [6, 6.07) is 10.6. The van der Waals surface area contributed by atoms with E-state index >= 15 is 0 Å². The van der Waals surface area contributed by atoms with Crippen molar-refractivity contribution < 1.29 is 0 Å². The molecular formula is C19H14ClN5O2. The largest absolute Gasteiger partial charge is 0.332 e. The summed E-state index contributed by atoms with van der Waals surface area (Å²) in [6.45, 7) is 0.133. The molecule has 0 spiro atoms. The van der Waals surface area contributed by atoms with E-state index in [4.69, 9.17) is 11.6 Å². The minimum Gasteiger partial charge on any atom is -0.280 e. The molecule has 0 fully saturated rings. The fourth-order valence-corrected chi connectivity index (χ4v) is 2.96. The maximum atomic E-state index is 12.8. The summed E-state index contributed by atoms with van der Waals surface area (Å²) in [5, 5.41) is 0.879. The molecule has 0 aliphatic heterocycles. The average molecular weight is 380 g/mol. The summed E-state index contributed by atoms with van der Waals surface area (Å²) < 4.78 is 2.51. The van der Waals surface area contributed by atoms with Gasteiger partial charge in [-0.2, -0.15) is 0 Å². The van der Waals surface area contributed by atoms with Gasteiger partial charge in [0.25, 0.3) is 5.56 Å². The third-order valence-corrected chi connectivity index (χ3v) is 4.50. The molecule has 0 amide bonds. The van der Waals surface area contributed by atoms with Gasteiger partial charge in [-0.05, 0) is 35.9 Å². The van der Waals surface area contributed by atoms with Crippen molar-refractivity contribution in [2.75, 3.05) is 0 Å². The van der Waals surface area contributed by atoms with Crippen LogP contribution in [0.1, 0.15) is 5.56 Å². The molecule has 134 valence electrons. The summed E-state index contributed by atoms with van der Waals surface area (Å²) in [6.07, 6.45) is 4.71. The minimum atomic E-state index is -0.447. The third-order valence-electron chi connectivity index (χ3n) is 4.25. The van der Waals surface area contributed by atoms with Gasteiger partial charge in [-0.1, -0.05) is 17.7 Å². The van der Waals surface area contributed by atoms with Crippen molar-refractivity contribution >= 4 is 22.6 Å². The third kappa shape index (κ3) is 3.13. The van der Waals surface area contributed by atoms with Crippen LogP contribution >= 0.6 is 11.6 Å². The first-order valence-electron chi connectivity index (χ1n) is 8.16. The van der Waals surface area contributed by atoms with Crippen molar-refractivity contribution in [3.05, 3.63) is 86.4 Å². The van der Waals surface area contributed by atoms with Gasteiger partial charge < -0.3 is 0 Å². The van der Waals surface area contributed by atoms with E-state index in [0.29, 0.717) is 10.8 Å². The lowest BCUT2D eigenvalue weighted by Crippen LogP contribution is -2.39. The van der Waals surface area contributed by atoms with E-state index in [1.54, 1.807) is 49.8 Å². The Hall–Kier alpha value is -3.32. The Morgan fingerprint density at radius 1 is 1.07 bits per heavy atom. The predicted molar refractivity (Wildman–Crippen MR) is 103 cm³/mol. The molecule has 0 aliphatic carbocycles. The zero-order valence-electron chi connectivity index (χ0n) is 14.3. The molecule has 0 saturated carbocycles. The number of rotatable bonds is 3. The first-order chi connectivity index (χ1) is 13.0. The second-order valence-electron chi connectivity index (χ2n) is 6.03. The molecule has 0 N–H and O–H groups in total. The number of fused-ring (bicyclic) bond motifs is 1. The van der Waals surface area contributed by atoms with Crippen molar-refractivity contribution in [3.63, 3.8) is 0 Å². The summed E-state index contributed by atoms with van der Waals surface area (Å²) in [5.41, 5.74) is 0.909. The van der Waals surface area contributed by atoms with Gasteiger partial charge in [-0.15, -0.1) is 0 Å². The van der Waals surface area contributed by atoms with Crippen LogP contribution in [0.2, 0.25) is 5.02 Å². The van der Waals surface area contributed by atoms with E-state index in [0.717, 1.165) is 15.7 Å². The first kappa shape index (κ1) is 17.1. The number of hydrogen-bond donors (Lipinski definition) is 0. The highest BCUT2D eigenvalue weighted by atomic mass is 35.5. The standard InChI is InChI=1S/C19H14ClN5O2/c1-24-17-15(10-22-16(23-17)13-4-6-14(20)7-5-13)18(26)25(19(24)27)11-12-3-2-8-21-9-12/h2-10H,11H2,1H3. The number of aromatic nitrogens is 5. The average Bonchev–Trinajstić information content (AvgIpc) is 2.70. The van der Waals surface area contributed by atoms with Crippen LogP contribution in [0.4, 0.5) is 0 Å². The van der Waals surface area contributed by atoms with Gasteiger partial charge in [0.15, 0.2) is 11.5 Å². The van der Waals surface area contributed by atoms with Gasteiger partial charge in [-0.25, -0.2) is 14.8 Å². The van der Waals surface area contributed by atoms with Gasteiger partial charge in [0.05, 0.1) is 6.54 Å². The van der Waals surface area contributed by atoms with E-state index in [1.807, 2.05) is 6.07 Å². The number of nitrogens with zero attached hydrogens (tertiary/aromatic N) is 5. The highest BCUT2D eigenvalue weighted by Crippen LogP contribution is 2.19. The number of aryl methyl sites for hydroxylation is 1. The molecule has 0 bridgehead atoms. The highest BCUT2D eigenvalue weighted by molar-refractivity contribution is 6.30. The molecule has 3 aromatic heterocycles. The summed E-state index contributed by atoms with van der Waals surface area (Å²) >= 11 is 5.91. The summed E-state index contributed by atoms with van der Waals surface area (Å²) in [7, 11) is 1.59. The van der Waals surface area contributed by atoms with Crippen LogP contribution in [0.25, 0.3) is 22.4 Å². The van der Waals surface area contributed by atoms with Crippen molar-refractivity contribution in [3.8, 4) is 11.4 Å². The molecule has 0 radical (unpaired) electrons. The quantitative estimate of drug-likeness (QED) is 0.545. The zero-order chi connectivity index (χ0) is 19.0. The lowest BCUT2D eigenvalue weighted by atomic mass is 10.2. The Labute approximate surface area is 158 Å². The van der Waals surface area contributed by atoms with Gasteiger partial charge in [0.1, 0.15) is 5.39 Å². The number of pyridine rings is 1. The lowest BCUT2D eigenvalue weighted by molar-refractivity contribution is 0.655. The van der Waals surface area contributed by atoms with Crippen LogP contribution in [0.3, 0.4) is 0 Å². The van der Waals surface area contributed by atoms with E-state index in [9.17, 15) is 9.59 Å². The Balaban J connectivity index is 1.88. The predicted octanol–water partition coefficient (Wildman–Crippen LogP) is 2.25. The van der Waals surface area contributed by atoms with Crippen molar-refractivity contribution in [2.45, 2.75) is 6.54 Å². The van der Waals surface area contributed by atoms with Gasteiger partial charge in [0.2, 0.25) is 0 Å². The monoisotopic (exact) mass is 379 g/mol. The molecule has 3 heterocycles. The summed E-state index contributed by atoms with van der Waals surface area (Å²) in [5.74, 6) is 0.415. The zero-order valence-corrected chi connectivity index (χ0v) is 15.1. The molecule has 0 aliphatic rings. The molecule has 0 atom stereocenters. The fourth-order valence-electron chi connectivity index (χ4n) is 2.84. The Morgan fingerprint density at radius 2 is 1.85 bits per heavy atom. The number of halogens is 1. The van der Waals surface area contributed by atoms with Crippen LogP contribution in [0.5, 0.6) is 0 Å². The molecule has 0 unspecified atom stereocenters. The number of hydrogen-bond acceptors (Lipinski definition) is 5. The van der Waals surface area contributed by atoms with Crippen molar-refractivity contribution in [1.29, 1.82) is 0 Å². The Kier molecular flexibility index (Phi) is 4.29. The lowest BCUT2D eigenvalue weighted by Gasteiger charge is -2.11. The van der Waals surface area contributed by atoms with Crippen molar-refractivity contribution in [1.82, 2.24) is 24.1 Å². The molecule has 8 heteroatoms. The smallest absolute Gasteiger partial charge is 0.280 e. The van der Waals surface area contributed by atoms with Crippen LogP contribution in [0.15, 0.2) is 64.6 Å². The Bertz CT molecular complexity index is 1250. The van der Waals surface area contributed by atoms with Crippen LogP contribution in [-0.4, -0.2) is 24.1 Å². The van der Waals surface area contributed by atoms with Crippen molar-refractivity contribution in [2.24, 2.45) is 7.05 Å². The fraction of sp³-hybridized carbons (Fsp3) is 0.105. The molecule has 4 aromatic rings. The second-order valence-corrected chi connectivity index (χ2v) is 6.47. The maximum absolute atomic E-state index is 12.8. The van der Waals surface area contributed by atoms with E-state index in [-0.39, 0.29) is 17.6 Å². The van der Waals surface area contributed by atoms with Gasteiger partial charge >= 0.3 is 5.69 Å². The highest BCUT2D eigenvalue weighted by Gasteiger charge is 2.14. The topological polar surface area (TPSA) is 82.7 Å². The van der Waals surface area contributed by atoms with Crippen LogP contribution in [0, 0.1) is 0 Å². The first-order valence-corrected chi connectivity index (χ1v) is 8.54. The van der Waals surface area contributed by atoms with E-state index < -0.39 is 11.2 Å². The van der Waals surface area contributed by atoms with Gasteiger partial charge in [-0.3, -0.25) is 18.9 Å². The van der Waals surface area contributed by atoms with Crippen LogP contribution in [-0.2, 0) is 13.6 Å². The Morgan fingerprint density at radius 3 is 2.56 bits per heavy atom. The maximum Gasteiger partial charge on any atom is 0.332 e. The van der Waals surface area contributed by atoms with Gasteiger partial charge in [0, 0.05) is 36.2 Å². The molecule has 1 aromatic carbocycles. The van der Waals surface area contributed by atoms with E-state index in [1.165, 1.54) is 10.8 Å². The normalized spacial score (nSPS) is 11.0. The van der Waals surface area contributed by atoms with Crippen LogP contribution < -0.4 is 11.2 Å². The molecule has 7 nitrogen and oxygen atoms in total. The molecular weight excluding hydrogens is 366 g/mol. The number of benzene rings is 1. The SMILES string of the molecule is Cn1c(=O)n(Cc2cccnc2)c(=O)c2cnc(-c3ccc(Cl)cc3)nc21. The molecule has 0 saturated heterocycles. The molecule has 4 rings (SSSR count). The van der Waals surface area contributed by atoms with E-state index in [2.05, 4.69) is 15.0 Å². The minimum absolute atomic E-state index is 0.133. The summed E-state index contributed by atoms with van der Waals surface area (Å²) in [4.78, 5) is 38.3. The second kappa shape index (κ2) is 6.77.